The van der Waals surface area contributed by atoms with Crippen LogP contribution in [0.4, 0.5) is 4.79 Å². The van der Waals surface area contributed by atoms with Crippen LogP contribution < -0.4 is 0 Å². The summed E-state index contributed by atoms with van der Waals surface area (Å²) in [7, 11) is 1.45. The highest BCUT2D eigenvalue weighted by atomic mass is 16.6. The van der Waals surface area contributed by atoms with Gasteiger partial charge in [-0.15, -0.1) is 0 Å². The molecule has 0 saturated heterocycles. The fourth-order valence-corrected chi connectivity index (χ4v) is 5.96. The van der Waals surface area contributed by atoms with Crippen molar-refractivity contribution in [2.24, 2.45) is 16.3 Å². The van der Waals surface area contributed by atoms with Gasteiger partial charge in [0.1, 0.15) is 30.1 Å². The number of hydrogen-bond acceptors (Lipinski definition) is 6. The summed E-state index contributed by atoms with van der Waals surface area (Å²) in [5.41, 5.74) is 4.63. The molecule has 0 unspecified atom stereocenters. The lowest BCUT2D eigenvalue weighted by molar-refractivity contribution is -0.142. The molecular formula is C32H38N2O6. The molecule has 0 spiro atoms. The predicted molar refractivity (Wildman–Crippen MR) is 153 cm³/mol. The highest BCUT2D eigenvalue weighted by Crippen LogP contribution is 2.44. The van der Waals surface area contributed by atoms with Gasteiger partial charge in [0.2, 0.25) is 0 Å². The smallest absolute Gasteiger partial charge is 0.410 e. The third-order valence-corrected chi connectivity index (χ3v) is 7.99. The Kier molecular flexibility index (Phi) is 8.86. The van der Waals surface area contributed by atoms with Crippen molar-refractivity contribution < 1.29 is 29.0 Å². The molecule has 2 aliphatic carbocycles. The first-order valence-corrected chi connectivity index (χ1v) is 13.9. The Morgan fingerprint density at radius 3 is 2.10 bits per heavy atom. The summed E-state index contributed by atoms with van der Waals surface area (Å²) < 4.78 is 5.63. The lowest BCUT2D eigenvalue weighted by Crippen LogP contribution is -2.43. The molecule has 2 aromatic carbocycles. The average molecular weight is 547 g/mol. The first-order valence-electron chi connectivity index (χ1n) is 13.9. The molecule has 4 rings (SSSR count). The maximum atomic E-state index is 12.9. The van der Waals surface area contributed by atoms with E-state index in [9.17, 15) is 24.3 Å². The zero-order chi connectivity index (χ0) is 29.0. The second kappa shape index (κ2) is 12.1. The Hall–Kier alpha value is -3.81. The second-order valence-corrected chi connectivity index (χ2v) is 11.7. The van der Waals surface area contributed by atoms with Crippen LogP contribution in [0.2, 0.25) is 0 Å². The summed E-state index contributed by atoms with van der Waals surface area (Å²) >= 11 is 0. The van der Waals surface area contributed by atoms with Crippen LogP contribution in [0.25, 0.3) is 11.1 Å². The zero-order valence-corrected chi connectivity index (χ0v) is 23.7. The van der Waals surface area contributed by atoms with E-state index in [0.717, 1.165) is 27.2 Å². The Labute approximate surface area is 235 Å². The minimum atomic E-state index is -1.10. The number of carboxylic acids is 1. The van der Waals surface area contributed by atoms with Crippen molar-refractivity contribution in [2.45, 2.75) is 64.8 Å². The Morgan fingerprint density at radius 1 is 1.00 bits per heavy atom. The summed E-state index contributed by atoms with van der Waals surface area (Å²) in [6, 6.07) is 15.0. The number of aliphatic imine (C=N–C) groups is 1. The molecule has 1 N–H and O–H groups in total. The number of hydrogen-bond donors (Lipinski definition) is 1. The molecule has 1 saturated carbocycles. The van der Waals surface area contributed by atoms with Gasteiger partial charge in [-0.25, -0.2) is 9.59 Å². The van der Waals surface area contributed by atoms with Gasteiger partial charge in [-0.2, -0.15) is 0 Å². The fourth-order valence-electron chi connectivity index (χ4n) is 5.96. The third kappa shape index (κ3) is 6.32. The van der Waals surface area contributed by atoms with E-state index in [0.29, 0.717) is 37.9 Å². The number of amides is 1. The van der Waals surface area contributed by atoms with Gasteiger partial charge >= 0.3 is 12.1 Å². The van der Waals surface area contributed by atoms with Crippen LogP contribution >= 0.6 is 0 Å². The van der Waals surface area contributed by atoms with Crippen molar-refractivity contribution in [3.05, 3.63) is 59.7 Å². The molecule has 8 heteroatoms. The second-order valence-electron chi connectivity index (χ2n) is 11.7. The number of fused-ring (bicyclic) bond motifs is 3. The van der Waals surface area contributed by atoms with E-state index in [1.165, 1.54) is 7.05 Å². The van der Waals surface area contributed by atoms with Crippen LogP contribution in [-0.2, 0) is 19.1 Å². The number of unbranched alkanes of at least 4 members (excludes halogenated alkanes) is 1. The number of benzene rings is 2. The third-order valence-electron chi connectivity index (χ3n) is 7.99. The number of carboxylic acid groups (broad SMARTS) is 1. The number of ether oxygens (including phenoxy) is 1. The molecule has 0 heterocycles. The van der Waals surface area contributed by atoms with Crippen molar-refractivity contribution in [3.8, 4) is 11.1 Å². The molecule has 2 aliphatic rings. The van der Waals surface area contributed by atoms with Crippen LogP contribution in [-0.4, -0.2) is 65.6 Å². The quantitative estimate of drug-likeness (QED) is 0.238. The van der Waals surface area contributed by atoms with Crippen molar-refractivity contribution in [1.82, 2.24) is 4.90 Å². The van der Waals surface area contributed by atoms with Gasteiger partial charge in [-0.1, -0.05) is 62.4 Å². The lowest BCUT2D eigenvalue weighted by atomic mass is 9.70. The molecule has 1 atom stereocenters. The number of likely N-dealkylation sites (N-methyl/N-ethyl adjacent to an activating group) is 1. The predicted octanol–water partition coefficient (Wildman–Crippen LogP) is 5.53. The maximum absolute atomic E-state index is 12.9. The summed E-state index contributed by atoms with van der Waals surface area (Å²) in [5, 5.41) is 9.80. The monoisotopic (exact) mass is 546 g/mol. The summed E-state index contributed by atoms with van der Waals surface area (Å²) in [4.78, 5) is 55.5. The van der Waals surface area contributed by atoms with E-state index in [2.05, 4.69) is 17.1 Å². The molecule has 1 fully saturated rings. The number of aliphatic carboxylic acids is 1. The van der Waals surface area contributed by atoms with Gasteiger partial charge in [0.25, 0.3) is 0 Å². The van der Waals surface area contributed by atoms with Gasteiger partial charge in [0, 0.05) is 38.1 Å². The molecule has 8 nitrogen and oxygen atoms in total. The van der Waals surface area contributed by atoms with E-state index >= 15 is 0 Å². The zero-order valence-electron chi connectivity index (χ0n) is 23.7. The molecule has 0 bridgehead atoms. The number of nitrogens with zero attached hydrogens (tertiary/aromatic N) is 2. The van der Waals surface area contributed by atoms with Crippen LogP contribution in [0.5, 0.6) is 0 Å². The molecule has 0 aromatic heterocycles. The summed E-state index contributed by atoms with van der Waals surface area (Å²) in [6.45, 7) is 6.05. The molecule has 40 heavy (non-hydrogen) atoms. The molecular weight excluding hydrogens is 508 g/mol. The summed E-state index contributed by atoms with van der Waals surface area (Å²) in [5.74, 6) is -2.14. The SMILES string of the molecule is CC(=NCCCC[C@@H](C(=O)O)N(C)C(=O)OCC1c2ccccc2-c2ccccc21)C1C(=O)CC(C)(C)CC1=O. The standard InChI is InChI=1S/C32H38N2O6/c1-20(29-27(35)17-32(2,3)18-28(29)36)33-16-10-9-15-26(30(37)38)34(4)31(39)40-19-25-23-13-7-5-11-21(23)22-12-6-8-14-24(22)25/h5-8,11-14,25-26,29H,9-10,15-19H2,1-4H3,(H,37,38)/t26-/m0/s1. The van der Waals surface area contributed by atoms with Gasteiger partial charge < -0.3 is 9.84 Å². The topological polar surface area (TPSA) is 113 Å². The number of carbonyl (C=O) groups excluding carboxylic acids is 3. The number of ketones is 2. The average Bonchev–Trinajstić information content (AvgIpc) is 3.21. The Balaban J connectivity index is 1.29. The lowest BCUT2D eigenvalue weighted by Gasteiger charge is -2.31. The van der Waals surface area contributed by atoms with Gasteiger partial charge in [-0.05, 0) is 53.9 Å². The van der Waals surface area contributed by atoms with Gasteiger partial charge in [0.05, 0.1) is 0 Å². The first-order chi connectivity index (χ1) is 19.0. The number of carbonyl (C=O) groups is 4. The van der Waals surface area contributed by atoms with E-state index in [4.69, 9.17) is 4.74 Å². The van der Waals surface area contributed by atoms with Crippen LogP contribution in [0, 0.1) is 11.3 Å². The van der Waals surface area contributed by atoms with Gasteiger partial charge in [0.15, 0.2) is 0 Å². The Bertz CT molecular complexity index is 1260. The van der Waals surface area contributed by atoms with Crippen molar-refractivity contribution in [3.63, 3.8) is 0 Å². The minimum Gasteiger partial charge on any atom is -0.480 e. The van der Waals surface area contributed by atoms with Crippen molar-refractivity contribution in [2.75, 3.05) is 20.2 Å². The maximum Gasteiger partial charge on any atom is 0.410 e. The highest BCUT2D eigenvalue weighted by Gasteiger charge is 2.40. The van der Waals surface area contributed by atoms with E-state index in [1.54, 1.807) is 6.92 Å². The summed E-state index contributed by atoms with van der Waals surface area (Å²) in [6.07, 6.45) is 1.35. The number of Topliss-reactive ketones (excluding diaryl/α,β-unsaturated/α-hetero) is 2. The molecule has 0 aliphatic heterocycles. The first kappa shape index (κ1) is 29.2. The highest BCUT2D eigenvalue weighted by molar-refractivity contribution is 6.21. The largest absolute Gasteiger partial charge is 0.480 e. The van der Waals surface area contributed by atoms with Crippen molar-refractivity contribution >= 4 is 29.3 Å². The van der Waals surface area contributed by atoms with E-state index < -0.39 is 24.0 Å². The Morgan fingerprint density at radius 2 is 1.55 bits per heavy atom. The van der Waals surface area contributed by atoms with Crippen LogP contribution in [0.3, 0.4) is 0 Å². The van der Waals surface area contributed by atoms with Gasteiger partial charge in [-0.3, -0.25) is 19.5 Å². The van der Waals surface area contributed by atoms with E-state index in [1.807, 2.05) is 50.2 Å². The fraction of sp³-hybridized carbons (Fsp3) is 0.469. The molecule has 1 amide bonds. The molecule has 2 aromatic rings. The minimum absolute atomic E-state index is 0.0850. The van der Waals surface area contributed by atoms with E-state index in [-0.39, 0.29) is 35.9 Å². The van der Waals surface area contributed by atoms with Crippen molar-refractivity contribution in [1.29, 1.82) is 0 Å². The molecule has 0 radical (unpaired) electrons. The van der Waals surface area contributed by atoms with Crippen LogP contribution in [0.1, 0.15) is 69.9 Å². The molecule has 212 valence electrons. The number of rotatable bonds is 10. The van der Waals surface area contributed by atoms with Crippen LogP contribution in [0.15, 0.2) is 53.5 Å². The normalized spacial score (nSPS) is 17.8.